The van der Waals surface area contributed by atoms with Crippen molar-refractivity contribution in [3.05, 3.63) is 34.3 Å². The minimum atomic E-state index is 0.364. The molecule has 0 amide bonds. The zero-order valence-electron chi connectivity index (χ0n) is 15.6. The van der Waals surface area contributed by atoms with Gasteiger partial charge in [-0.25, -0.2) is 4.98 Å². The molecule has 0 aliphatic rings. The maximum Gasteiger partial charge on any atom is 0.107 e. The van der Waals surface area contributed by atoms with E-state index in [0.29, 0.717) is 11.8 Å². The predicted molar refractivity (Wildman–Crippen MR) is 117 cm³/mol. The lowest BCUT2D eigenvalue weighted by Crippen LogP contribution is -2.02. The van der Waals surface area contributed by atoms with E-state index in [-0.39, 0.29) is 0 Å². The zero-order chi connectivity index (χ0) is 19.1. The number of nitrogen functional groups attached to an aromatic ring is 2. The number of hydrogen-bond donors (Lipinski definition) is 2. The fourth-order valence-electron chi connectivity index (χ4n) is 2.24. The SMILES string of the molecule is CSc1cc(Br)nc(C(C)C)c1N.CSc1ccnc(C(C)C)c1N. The minimum Gasteiger partial charge on any atom is -0.396 e. The van der Waals surface area contributed by atoms with Crippen molar-refractivity contribution in [2.24, 2.45) is 0 Å². The summed E-state index contributed by atoms with van der Waals surface area (Å²) in [5, 5.41) is 0. The molecule has 0 saturated heterocycles. The molecule has 0 bridgehead atoms. The number of pyridine rings is 2. The Morgan fingerprint density at radius 1 is 0.920 bits per heavy atom. The van der Waals surface area contributed by atoms with Gasteiger partial charge in [0.2, 0.25) is 0 Å². The first kappa shape index (κ1) is 22.1. The van der Waals surface area contributed by atoms with Crippen LogP contribution >= 0.6 is 39.5 Å². The Hall–Kier alpha value is -0.920. The van der Waals surface area contributed by atoms with Gasteiger partial charge in [-0.3, -0.25) is 4.98 Å². The van der Waals surface area contributed by atoms with Crippen LogP contribution in [0.3, 0.4) is 0 Å². The molecule has 0 atom stereocenters. The number of nitrogens with zero attached hydrogens (tertiary/aromatic N) is 2. The number of rotatable bonds is 4. The van der Waals surface area contributed by atoms with E-state index in [1.165, 1.54) is 0 Å². The summed E-state index contributed by atoms with van der Waals surface area (Å²) in [5.41, 5.74) is 15.5. The second-order valence-electron chi connectivity index (χ2n) is 6.07. The van der Waals surface area contributed by atoms with Crippen molar-refractivity contribution in [3.63, 3.8) is 0 Å². The van der Waals surface area contributed by atoms with Crippen LogP contribution in [-0.2, 0) is 0 Å². The van der Waals surface area contributed by atoms with Gasteiger partial charge in [0.05, 0.1) is 22.8 Å². The molecule has 2 aromatic heterocycles. The number of anilines is 2. The first-order chi connectivity index (χ1) is 11.7. The molecule has 0 saturated carbocycles. The van der Waals surface area contributed by atoms with Gasteiger partial charge < -0.3 is 11.5 Å². The summed E-state index contributed by atoms with van der Waals surface area (Å²) in [6, 6.07) is 3.90. The lowest BCUT2D eigenvalue weighted by atomic mass is 10.1. The van der Waals surface area contributed by atoms with Gasteiger partial charge in [0, 0.05) is 16.0 Å². The minimum absolute atomic E-state index is 0.364. The zero-order valence-corrected chi connectivity index (χ0v) is 18.8. The molecule has 138 valence electrons. The smallest absolute Gasteiger partial charge is 0.107 e. The van der Waals surface area contributed by atoms with Crippen LogP contribution in [0.15, 0.2) is 32.7 Å². The van der Waals surface area contributed by atoms with E-state index in [1.807, 2.05) is 30.8 Å². The maximum absolute atomic E-state index is 5.96. The number of aromatic nitrogens is 2. The molecule has 4 nitrogen and oxygen atoms in total. The number of thioether (sulfide) groups is 2. The van der Waals surface area contributed by atoms with Gasteiger partial charge in [0.1, 0.15) is 4.60 Å². The van der Waals surface area contributed by atoms with E-state index < -0.39 is 0 Å². The Balaban J connectivity index is 0.000000251. The normalized spacial score (nSPS) is 10.8. The molecule has 0 unspecified atom stereocenters. The second kappa shape index (κ2) is 10.3. The summed E-state index contributed by atoms with van der Waals surface area (Å²) in [6.07, 6.45) is 5.86. The van der Waals surface area contributed by atoms with Gasteiger partial charge in [-0.15, -0.1) is 23.5 Å². The molecule has 0 aromatic carbocycles. The van der Waals surface area contributed by atoms with Crippen molar-refractivity contribution in [1.29, 1.82) is 0 Å². The largest absolute Gasteiger partial charge is 0.396 e. The third kappa shape index (κ3) is 6.08. The average Bonchev–Trinajstić information content (AvgIpc) is 2.56. The fourth-order valence-corrected chi connectivity index (χ4v) is 3.88. The highest BCUT2D eigenvalue weighted by Crippen LogP contribution is 2.31. The quantitative estimate of drug-likeness (QED) is 0.461. The van der Waals surface area contributed by atoms with Gasteiger partial charge in [-0.2, -0.15) is 0 Å². The molecule has 25 heavy (non-hydrogen) atoms. The lowest BCUT2D eigenvalue weighted by Gasteiger charge is -2.11. The Kier molecular flexibility index (Phi) is 9.10. The first-order valence-electron chi connectivity index (χ1n) is 8.01. The van der Waals surface area contributed by atoms with E-state index in [4.69, 9.17) is 11.5 Å². The van der Waals surface area contributed by atoms with Gasteiger partial charge in [0.15, 0.2) is 0 Å². The van der Waals surface area contributed by atoms with Crippen molar-refractivity contribution >= 4 is 50.8 Å². The molecular weight excluding hydrogens is 416 g/mol. The highest BCUT2D eigenvalue weighted by Gasteiger charge is 2.11. The summed E-state index contributed by atoms with van der Waals surface area (Å²) >= 11 is 6.68. The van der Waals surface area contributed by atoms with E-state index in [0.717, 1.165) is 37.2 Å². The molecule has 0 spiro atoms. The molecule has 2 rings (SSSR count). The van der Waals surface area contributed by atoms with Crippen LogP contribution in [-0.4, -0.2) is 22.5 Å². The van der Waals surface area contributed by atoms with Gasteiger partial charge >= 0.3 is 0 Å². The molecule has 7 heteroatoms. The average molecular weight is 443 g/mol. The predicted octanol–water partition coefficient (Wildman–Crippen LogP) is 5.78. The van der Waals surface area contributed by atoms with Gasteiger partial charge in [0.25, 0.3) is 0 Å². The Labute approximate surface area is 168 Å². The van der Waals surface area contributed by atoms with E-state index in [1.54, 1.807) is 23.5 Å². The second-order valence-corrected chi connectivity index (χ2v) is 8.58. The first-order valence-corrected chi connectivity index (χ1v) is 11.2. The molecule has 2 aromatic rings. The van der Waals surface area contributed by atoms with Crippen molar-refractivity contribution in [2.75, 3.05) is 24.0 Å². The standard InChI is InChI=1S/C9H13BrN2S.C9H14N2S/c1-5(2)9-8(11)6(13-3)4-7(10)12-9;1-6(2)9-8(10)7(12-3)4-5-11-9/h4-5H,11H2,1-3H3;4-6H,10H2,1-3H3. The molecule has 0 aliphatic heterocycles. The highest BCUT2D eigenvalue weighted by molar-refractivity contribution is 9.10. The van der Waals surface area contributed by atoms with Crippen LogP contribution < -0.4 is 11.5 Å². The summed E-state index contributed by atoms with van der Waals surface area (Å²) < 4.78 is 0.856. The summed E-state index contributed by atoms with van der Waals surface area (Å²) in [5.74, 6) is 0.764. The third-order valence-corrected chi connectivity index (χ3v) is 5.51. The Bertz CT molecular complexity index is 706. The molecular formula is C18H27BrN4S2. The van der Waals surface area contributed by atoms with Crippen molar-refractivity contribution in [3.8, 4) is 0 Å². The summed E-state index contributed by atoms with van der Waals surface area (Å²) in [6.45, 7) is 8.38. The Morgan fingerprint density at radius 2 is 1.44 bits per heavy atom. The monoisotopic (exact) mass is 442 g/mol. The molecule has 0 aliphatic carbocycles. The molecule has 0 radical (unpaired) electrons. The molecule has 4 N–H and O–H groups in total. The Morgan fingerprint density at radius 3 is 1.92 bits per heavy atom. The van der Waals surface area contributed by atoms with E-state index in [2.05, 4.69) is 53.6 Å². The van der Waals surface area contributed by atoms with Crippen molar-refractivity contribution in [2.45, 2.75) is 49.3 Å². The van der Waals surface area contributed by atoms with Crippen LogP contribution in [0.25, 0.3) is 0 Å². The van der Waals surface area contributed by atoms with Gasteiger partial charge in [-0.1, -0.05) is 27.7 Å². The molecule has 0 fully saturated rings. The van der Waals surface area contributed by atoms with Crippen molar-refractivity contribution in [1.82, 2.24) is 9.97 Å². The highest BCUT2D eigenvalue weighted by atomic mass is 79.9. The number of nitrogens with two attached hydrogens (primary N) is 2. The maximum atomic E-state index is 5.96. The van der Waals surface area contributed by atoms with Crippen LogP contribution in [0, 0.1) is 0 Å². The van der Waals surface area contributed by atoms with Crippen LogP contribution in [0.4, 0.5) is 11.4 Å². The fraction of sp³-hybridized carbons (Fsp3) is 0.444. The van der Waals surface area contributed by atoms with Gasteiger partial charge in [-0.05, 0) is 52.4 Å². The topological polar surface area (TPSA) is 77.8 Å². The molecule has 2 heterocycles. The summed E-state index contributed by atoms with van der Waals surface area (Å²) in [7, 11) is 0. The van der Waals surface area contributed by atoms with E-state index >= 15 is 0 Å². The van der Waals surface area contributed by atoms with E-state index in [9.17, 15) is 0 Å². The number of hydrogen-bond acceptors (Lipinski definition) is 6. The lowest BCUT2D eigenvalue weighted by molar-refractivity contribution is 0.817. The van der Waals surface area contributed by atoms with Crippen LogP contribution in [0.5, 0.6) is 0 Å². The number of halogens is 1. The summed E-state index contributed by atoms with van der Waals surface area (Å²) in [4.78, 5) is 10.8. The van der Waals surface area contributed by atoms with Crippen LogP contribution in [0.2, 0.25) is 0 Å². The third-order valence-electron chi connectivity index (χ3n) is 3.53. The van der Waals surface area contributed by atoms with Crippen LogP contribution in [0.1, 0.15) is 50.9 Å². The van der Waals surface area contributed by atoms with Crippen molar-refractivity contribution < 1.29 is 0 Å².